The molecule has 0 unspecified atom stereocenters. The molecule has 1 aromatic heterocycles. The molecule has 0 spiro atoms. The Morgan fingerprint density at radius 2 is 1.97 bits per heavy atom. The lowest BCUT2D eigenvalue weighted by molar-refractivity contribution is 0.0983. The van der Waals surface area contributed by atoms with E-state index in [-0.39, 0.29) is 12.1 Å². The van der Waals surface area contributed by atoms with Crippen LogP contribution in [0, 0.1) is 5.92 Å². The molecule has 1 aliphatic carbocycles. The number of fused-ring (bicyclic) bond motifs is 1. The minimum absolute atomic E-state index is 0.144. The summed E-state index contributed by atoms with van der Waals surface area (Å²) >= 11 is 0. The second-order valence-electron chi connectivity index (χ2n) is 10.2. The molecule has 2 N–H and O–H groups in total. The monoisotopic (exact) mass is 464 g/mol. The van der Waals surface area contributed by atoms with Crippen molar-refractivity contribution in [3.05, 3.63) is 35.5 Å². The highest BCUT2D eigenvalue weighted by molar-refractivity contribution is 5.89. The zero-order chi connectivity index (χ0) is 23.7. The molecule has 3 heterocycles. The molecule has 8 nitrogen and oxygen atoms in total. The number of urea groups is 1. The lowest BCUT2D eigenvalue weighted by Crippen LogP contribution is -2.45. The van der Waals surface area contributed by atoms with E-state index in [1.54, 1.807) is 0 Å². The van der Waals surface area contributed by atoms with Gasteiger partial charge in [-0.3, -0.25) is 4.90 Å². The van der Waals surface area contributed by atoms with Crippen LogP contribution in [0.5, 0.6) is 0 Å². The number of carbonyl (C=O) groups is 1. The van der Waals surface area contributed by atoms with E-state index in [9.17, 15) is 4.79 Å². The van der Waals surface area contributed by atoms with E-state index in [0.29, 0.717) is 12.0 Å². The standard InChI is InChI=1S/C26H36N6O2/c1-17(2)14-31-11-10-22-23(15-31)29-24(30-25(22)32-12-13-34-16-18(32)3)19-4-6-20(7-5-19)27-26(33)28-21-8-9-21/h4-7,17-18,21H,8-16H2,1-3H3,(H2,27,28,33)/t18-/m0/s1. The van der Waals surface area contributed by atoms with Crippen LogP contribution in [0.15, 0.2) is 24.3 Å². The predicted molar refractivity (Wildman–Crippen MR) is 134 cm³/mol. The lowest BCUT2D eigenvalue weighted by atomic mass is 10.0. The van der Waals surface area contributed by atoms with Gasteiger partial charge in [-0.2, -0.15) is 0 Å². The molecular weight excluding hydrogens is 428 g/mol. The SMILES string of the molecule is CC(C)CN1CCc2c(nc(-c3ccc(NC(=O)NC4CC4)cc3)nc2N2CCOC[C@@H]2C)C1. The normalized spacial score (nSPS) is 20.8. The van der Waals surface area contributed by atoms with Crippen LogP contribution in [0.1, 0.15) is 44.9 Å². The van der Waals surface area contributed by atoms with Gasteiger partial charge >= 0.3 is 6.03 Å². The molecule has 34 heavy (non-hydrogen) atoms. The molecule has 3 aliphatic rings. The van der Waals surface area contributed by atoms with Gasteiger partial charge in [0.25, 0.3) is 0 Å². The Morgan fingerprint density at radius 3 is 2.68 bits per heavy atom. The van der Waals surface area contributed by atoms with Crippen LogP contribution < -0.4 is 15.5 Å². The predicted octanol–water partition coefficient (Wildman–Crippen LogP) is 3.67. The van der Waals surface area contributed by atoms with Crippen LogP contribution in [0.4, 0.5) is 16.3 Å². The lowest BCUT2D eigenvalue weighted by Gasteiger charge is -2.38. The van der Waals surface area contributed by atoms with Crippen molar-refractivity contribution in [1.29, 1.82) is 0 Å². The Balaban J connectivity index is 1.43. The van der Waals surface area contributed by atoms with Crippen molar-refractivity contribution in [2.45, 2.75) is 58.7 Å². The minimum atomic E-state index is -0.144. The molecule has 2 aliphatic heterocycles. The van der Waals surface area contributed by atoms with Gasteiger partial charge in [-0.25, -0.2) is 14.8 Å². The number of ether oxygens (including phenoxy) is 1. The van der Waals surface area contributed by atoms with Crippen molar-refractivity contribution in [2.24, 2.45) is 5.92 Å². The number of hydrogen-bond donors (Lipinski definition) is 2. The summed E-state index contributed by atoms with van der Waals surface area (Å²) in [5, 5.41) is 5.87. The summed E-state index contributed by atoms with van der Waals surface area (Å²) in [4.78, 5) is 27.1. The zero-order valence-corrected chi connectivity index (χ0v) is 20.5. The first-order chi connectivity index (χ1) is 16.5. The van der Waals surface area contributed by atoms with Crippen molar-refractivity contribution in [2.75, 3.05) is 43.1 Å². The molecule has 2 amide bonds. The van der Waals surface area contributed by atoms with Gasteiger partial charge in [-0.15, -0.1) is 0 Å². The molecule has 0 radical (unpaired) electrons. The first-order valence-electron chi connectivity index (χ1n) is 12.6. The van der Waals surface area contributed by atoms with Gasteiger partial charge in [0.2, 0.25) is 0 Å². The molecule has 1 saturated heterocycles. The van der Waals surface area contributed by atoms with Crippen LogP contribution in [0.2, 0.25) is 0 Å². The van der Waals surface area contributed by atoms with E-state index in [4.69, 9.17) is 14.7 Å². The van der Waals surface area contributed by atoms with Crippen LogP contribution in [-0.4, -0.2) is 65.8 Å². The zero-order valence-electron chi connectivity index (χ0n) is 20.5. The Morgan fingerprint density at radius 1 is 1.18 bits per heavy atom. The number of amides is 2. The van der Waals surface area contributed by atoms with E-state index >= 15 is 0 Å². The molecule has 182 valence electrons. The second kappa shape index (κ2) is 9.88. The fourth-order valence-corrected chi connectivity index (χ4v) is 4.83. The second-order valence-corrected chi connectivity index (χ2v) is 10.2. The summed E-state index contributed by atoms with van der Waals surface area (Å²) in [5.41, 5.74) is 4.15. The van der Waals surface area contributed by atoms with Gasteiger partial charge in [-0.1, -0.05) is 13.8 Å². The fraction of sp³-hybridized carbons (Fsp3) is 0.577. The Bertz CT molecular complexity index is 1020. The molecule has 8 heteroatoms. The van der Waals surface area contributed by atoms with Gasteiger partial charge in [0.1, 0.15) is 5.82 Å². The van der Waals surface area contributed by atoms with Crippen LogP contribution in [0.3, 0.4) is 0 Å². The van der Waals surface area contributed by atoms with Crippen LogP contribution in [-0.2, 0) is 17.7 Å². The summed E-state index contributed by atoms with van der Waals surface area (Å²) in [5.74, 6) is 2.43. The first kappa shape index (κ1) is 23.1. The molecule has 1 atom stereocenters. The smallest absolute Gasteiger partial charge is 0.319 e. The maximum atomic E-state index is 12.1. The van der Waals surface area contributed by atoms with Crippen molar-refractivity contribution in [3.8, 4) is 11.4 Å². The third-order valence-electron chi connectivity index (χ3n) is 6.70. The van der Waals surface area contributed by atoms with E-state index in [0.717, 1.165) is 87.2 Å². The Kier molecular flexibility index (Phi) is 6.70. The molecule has 2 aromatic rings. The largest absolute Gasteiger partial charge is 0.377 e. The van der Waals surface area contributed by atoms with Gasteiger partial charge in [0.05, 0.1) is 24.9 Å². The van der Waals surface area contributed by atoms with Crippen molar-refractivity contribution >= 4 is 17.5 Å². The van der Waals surface area contributed by atoms with Gasteiger partial charge in [0.15, 0.2) is 5.82 Å². The molecule has 1 aromatic carbocycles. The van der Waals surface area contributed by atoms with Gasteiger partial charge in [0, 0.05) is 49.0 Å². The number of benzene rings is 1. The number of nitrogens with zero attached hydrogens (tertiary/aromatic N) is 4. The summed E-state index contributed by atoms with van der Waals surface area (Å²) in [6.07, 6.45) is 3.11. The van der Waals surface area contributed by atoms with E-state index in [2.05, 4.69) is 41.2 Å². The fourth-order valence-electron chi connectivity index (χ4n) is 4.83. The third-order valence-corrected chi connectivity index (χ3v) is 6.70. The average Bonchev–Trinajstić information content (AvgIpc) is 3.62. The topological polar surface area (TPSA) is 82.6 Å². The number of anilines is 2. The molecule has 1 saturated carbocycles. The van der Waals surface area contributed by atoms with E-state index in [1.807, 2.05) is 24.3 Å². The maximum Gasteiger partial charge on any atom is 0.319 e. The van der Waals surface area contributed by atoms with Crippen molar-refractivity contribution in [1.82, 2.24) is 20.2 Å². The van der Waals surface area contributed by atoms with Gasteiger partial charge in [-0.05, 0) is 56.4 Å². The number of morpholine rings is 1. The van der Waals surface area contributed by atoms with E-state index in [1.165, 1.54) is 5.56 Å². The molecule has 0 bridgehead atoms. The summed E-state index contributed by atoms with van der Waals surface area (Å²) in [6, 6.07) is 8.31. The molecule has 5 rings (SSSR count). The molecular formula is C26H36N6O2. The average molecular weight is 465 g/mol. The quantitative estimate of drug-likeness (QED) is 0.679. The number of hydrogen-bond acceptors (Lipinski definition) is 6. The van der Waals surface area contributed by atoms with Crippen molar-refractivity contribution < 1.29 is 9.53 Å². The minimum Gasteiger partial charge on any atom is -0.377 e. The number of nitrogens with one attached hydrogen (secondary N) is 2. The number of aromatic nitrogens is 2. The van der Waals surface area contributed by atoms with Crippen molar-refractivity contribution in [3.63, 3.8) is 0 Å². The number of rotatable bonds is 6. The highest BCUT2D eigenvalue weighted by atomic mass is 16.5. The summed E-state index contributed by atoms with van der Waals surface area (Å²) < 4.78 is 5.69. The highest BCUT2D eigenvalue weighted by Gasteiger charge is 2.29. The van der Waals surface area contributed by atoms with Crippen LogP contribution in [0.25, 0.3) is 11.4 Å². The maximum absolute atomic E-state index is 12.1. The van der Waals surface area contributed by atoms with Crippen LogP contribution >= 0.6 is 0 Å². The first-order valence-corrected chi connectivity index (χ1v) is 12.6. The van der Waals surface area contributed by atoms with Gasteiger partial charge < -0.3 is 20.3 Å². The number of carbonyl (C=O) groups excluding carboxylic acids is 1. The molecule has 2 fully saturated rings. The highest BCUT2D eigenvalue weighted by Crippen LogP contribution is 2.32. The third kappa shape index (κ3) is 5.33. The van der Waals surface area contributed by atoms with E-state index < -0.39 is 0 Å². The Hall–Kier alpha value is -2.71. The summed E-state index contributed by atoms with van der Waals surface area (Å²) in [6.45, 7) is 12.0. The summed E-state index contributed by atoms with van der Waals surface area (Å²) in [7, 11) is 0. The Labute approximate surface area is 202 Å².